The standard InChI is InChI=1S/C18H19FN2O4/c1-24-13-7-8-15(16(9-13)25-2)21-18(23)10-17(22)20-11-12-5-3-4-6-14(12)19/h3-9H,10-11H2,1-2H3,(H,20,22)(H,21,23). The molecule has 0 spiro atoms. The summed E-state index contributed by atoms with van der Waals surface area (Å²) in [5, 5.41) is 5.11. The van der Waals surface area contributed by atoms with E-state index in [1.807, 2.05) is 0 Å². The fourth-order valence-electron chi connectivity index (χ4n) is 2.14. The van der Waals surface area contributed by atoms with Gasteiger partial charge in [-0.25, -0.2) is 4.39 Å². The molecule has 0 heterocycles. The fraction of sp³-hybridized carbons (Fsp3) is 0.222. The Morgan fingerprint density at radius 1 is 1.04 bits per heavy atom. The van der Waals surface area contributed by atoms with Gasteiger partial charge in [0.25, 0.3) is 0 Å². The Balaban J connectivity index is 1.89. The largest absolute Gasteiger partial charge is 0.497 e. The molecule has 2 rings (SSSR count). The van der Waals surface area contributed by atoms with E-state index in [9.17, 15) is 14.0 Å². The average Bonchev–Trinajstić information content (AvgIpc) is 2.61. The minimum absolute atomic E-state index is 0.0185. The maximum Gasteiger partial charge on any atom is 0.233 e. The second-order valence-electron chi connectivity index (χ2n) is 5.16. The molecular weight excluding hydrogens is 327 g/mol. The molecule has 6 nitrogen and oxygen atoms in total. The van der Waals surface area contributed by atoms with E-state index >= 15 is 0 Å². The predicted molar refractivity (Wildman–Crippen MR) is 91.0 cm³/mol. The molecule has 0 aromatic heterocycles. The molecule has 132 valence electrons. The molecule has 0 aliphatic carbocycles. The van der Waals surface area contributed by atoms with Crippen LogP contribution in [-0.2, 0) is 16.1 Å². The van der Waals surface area contributed by atoms with Crippen molar-refractivity contribution in [3.05, 3.63) is 53.8 Å². The normalized spacial score (nSPS) is 10.0. The van der Waals surface area contributed by atoms with E-state index in [1.165, 1.54) is 20.3 Å². The molecular formula is C18H19FN2O4. The minimum atomic E-state index is -0.506. The van der Waals surface area contributed by atoms with Gasteiger partial charge in [-0.15, -0.1) is 0 Å². The van der Waals surface area contributed by atoms with Gasteiger partial charge in [0, 0.05) is 18.2 Å². The van der Waals surface area contributed by atoms with Crippen LogP contribution in [0.25, 0.3) is 0 Å². The molecule has 2 aromatic carbocycles. The summed E-state index contributed by atoms with van der Waals surface area (Å²) in [4.78, 5) is 23.8. The van der Waals surface area contributed by atoms with Crippen LogP contribution >= 0.6 is 0 Å². The Morgan fingerprint density at radius 2 is 1.80 bits per heavy atom. The van der Waals surface area contributed by atoms with Crippen LogP contribution in [0.4, 0.5) is 10.1 Å². The van der Waals surface area contributed by atoms with Crippen LogP contribution in [0.3, 0.4) is 0 Å². The lowest BCUT2D eigenvalue weighted by Gasteiger charge is -2.11. The van der Waals surface area contributed by atoms with Gasteiger partial charge >= 0.3 is 0 Å². The van der Waals surface area contributed by atoms with E-state index in [4.69, 9.17) is 9.47 Å². The number of benzene rings is 2. The molecule has 7 heteroatoms. The van der Waals surface area contributed by atoms with Gasteiger partial charge < -0.3 is 20.1 Å². The lowest BCUT2D eigenvalue weighted by molar-refractivity contribution is -0.126. The molecule has 0 saturated heterocycles. The van der Waals surface area contributed by atoms with E-state index in [0.29, 0.717) is 22.7 Å². The van der Waals surface area contributed by atoms with Crippen LogP contribution in [0.15, 0.2) is 42.5 Å². The van der Waals surface area contributed by atoms with Crippen molar-refractivity contribution < 1.29 is 23.5 Å². The van der Waals surface area contributed by atoms with Gasteiger partial charge in [-0.05, 0) is 18.2 Å². The zero-order valence-electron chi connectivity index (χ0n) is 14.0. The Labute approximate surface area is 144 Å². The lowest BCUT2D eigenvalue weighted by Crippen LogP contribution is -2.28. The van der Waals surface area contributed by atoms with Crippen molar-refractivity contribution in [3.8, 4) is 11.5 Å². The van der Waals surface area contributed by atoms with E-state index in [0.717, 1.165) is 0 Å². The van der Waals surface area contributed by atoms with Crippen LogP contribution in [-0.4, -0.2) is 26.0 Å². The molecule has 0 aliphatic rings. The monoisotopic (exact) mass is 346 g/mol. The highest BCUT2D eigenvalue weighted by Gasteiger charge is 2.13. The van der Waals surface area contributed by atoms with Crippen LogP contribution in [0.2, 0.25) is 0 Å². The number of carbonyl (C=O) groups is 2. The predicted octanol–water partition coefficient (Wildman–Crippen LogP) is 2.49. The Hall–Kier alpha value is -3.09. The van der Waals surface area contributed by atoms with E-state index in [2.05, 4.69) is 10.6 Å². The Morgan fingerprint density at radius 3 is 2.48 bits per heavy atom. The number of rotatable bonds is 7. The van der Waals surface area contributed by atoms with Crippen molar-refractivity contribution in [3.63, 3.8) is 0 Å². The maximum atomic E-state index is 13.5. The lowest BCUT2D eigenvalue weighted by atomic mass is 10.2. The molecule has 0 saturated carbocycles. The third-order valence-corrected chi connectivity index (χ3v) is 3.44. The highest BCUT2D eigenvalue weighted by molar-refractivity contribution is 6.04. The van der Waals surface area contributed by atoms with Gasteiger partial charge in [0.15, 0.2) is 0 Å². The molecule has 0 bridgehead atoms. The summed E-state index contributed by atoms with van der Waals surface area (Å²) < 4.78 is 23.7. The molecule has 0 atom stereocenters. The number of hydrogen-bond donors (Lipinski definition) is 2. The van der Waals surface area contributed by atoms with Crippen molar-refractivity contribution in [1.29, 1.82) is 0 Å². The van der Waals surface area contributed by atoms with Gasteiger partial charge in [0.2, 0.25) is 11.8 Å². The highest BCUT2D eigenvalue weighted by Crippen LogP contribution is 2.29. The zero-order chi connectivity index (χ0) is 18.2. The third-order valence-electron chi connectivity index (χ3n) is 3.44. The molecule has 0 unspecified atom stereocenters. The highest BCUT2D eigenvalue weighted by atomic mass is 19.1. The second kappa shape index (κ2) is 8.68. The fourth-order valence-corrected chi connectivity index (χ4v) is 2.14. The van der Waals surface area contributed by atoms with Crippen LogP contribution in [0.5, 0.6) is 11.5 Å². The first-order valence-corrected chi connectivity index (χ1v) is 7.55. The van der Waals surface area contributed by atoms with Crippen LogP contribution in [0, 0.1) is 5.82 Å². The van der Waals surface area contributed by atoms with Gasteiger partial charge in [0.05, 0.1) is 19.9 Å². The number of ether oxygens (including phenoxy) is 2. The minimum Gasteiger partial charge on any atom is -0.497 e. The average molecular weight is 346 g/mol. The zero-order valence-corrected chi connectivity index (χ0v) is 14.0. The van der Waals surface area contributed by atoms with Crippen molar-refractivity contribution in [2.45, 2.75) is 13.0 Å². The number of methoxy groups -OCH3 is 2. The van der Waals surface area contributed by atoms with Crippen LogP contribution < -0.4 is 20.1 Å². The third kappa shape index (κ3) is 5.20. The first-order valence-electron chi connectivity index (χ1n) is 7.55. The number of nitrogens with one attached hydrogen (secondary N) is 2. The van der Waals surface area contributed by atoms with Gasteiger partial charge in [-0.1, -0.05) is 18.2 Å². The summed E-state index contributed by atoms with van der Waals surface area (Å²) in [5.41, 5.74) is 0.781. The second-order valence-corrected chi connectivity index (χ2v) is 5.16. The summed E-state index contributed by atoms with van der Waals surface area (Å²) in [5.74, 6) is -0.421. The summed E-state index contributed by atoms with van der Waals surface area (Å²) in [6.07, 6.45) is -0.385. The topological polar surface area (TPSA) is 76.7 Å². The molecule has 2 amide bonds. The summed E-state index contributed by atoms with van der Waals surface area (Å²) in [6.45, 7) is 0.0185. The molecule has 2 N–H and O–H groups in total. The van der Waals surface area contributed by atoms with Crippen molar-refractivity contribution in [2.75, 3.05) is 19.5 Å². The molecule has 0 aliphatic heterocycles. The number of anilines is 1. The Kier molecular flexibility index (Phi) is 6.33. The number of carbonyl (C=O) groups excluding carboxylic acids is 2. The van der Waals surface area contributed by atoms with E-state index in [-0.39, 0.29) is 13.0 Å². The van der Waals surface area contributed by atoms with Crippen molar-refractivity contribution >= 4 is 17.5 Å². The summed E-state index contributed by atoms with van der Waals surface area (Å²) in [7, 11) is 2.98. The van der Waals surface area contributed by atoms with Gasteiger partial charge in [-0.2, -0.15) is 0 Å². The Bertz CT molecular complexity index is 764. The summed E-state index contributed by atoms with van der Waals surface area (Å²) in [6, 6.07) is 11.0. The van der Waals surface area contributed by atoms with Crippen molar-refractivity contribution in [2.24, 2.45) is 0 Å². The maximum absolute atomic E-state index is 13.5. The number of hydrogen-bond acceptors (Lipinski definition) is 4. The van der Waals surface area contributed by atoms with Gasteiger partial charge in [-0.3, -0.25) is 9.59 Å². The van der Waals surface area contributed by atoms with E-state index < -0.39 is 17.6 Å². The SMILES string of the molecule is COc1ccc(NC(=O)CC(=O)NCc2ccccc2F)c(OC)c1. The molecule has 2 aromatic rings. The van der Waals surface area contributed by atoms with Crippen LogP contribution in [0.1, 0.15) is 12.0 Å². The molecule has 0 radical (unpaired) electrons. The molecule has 0 fully saturated rings. The summed E-state index contributed by atoms with van der Waals surface area (Å²) >= 11 is 0. The molecule has 25 heavy (non-hydrogen) atoms. The van der Waals surface area contributed by atoms with Gasteiger partial charge in [0.1, 0.15) is 23.7 Å². The van der Waals surface area contributed by atoms with E-state index in [1.54, 1.807) is 36.4 Å². The smallest absolute Gasteiger partial charge is 0.233 e. The first-order chi connectivity index (χ1) is 12.0. The first kappa shape index (κ1) is 18.3. The quantitative estimate of drug-likeness (QED) is 0.755. The number of amides is 2. The number of halogens is 1. The van der Waals surface area contributed by atoms with Crippen molar-refractivity contribution in [1.82, 2.24) is 5.32 Å².